The summed E-state index contributed by atoms with van der Waals surface area (Å²) < 4.78 is 17.3. The third-order valence-electron chi connectivity index (χ3n) is 11.2. The normalized spacial score (nSPS) is 12.8. The highest BCUT2D eigenvalue weighted by Gasteiger charge is 2.17. The summed E-state index contributed by atoms with van der Waals surface area (Å²) in [6.07, 6.45) is 67.8. The van der Waals surface area contributed by atoms with E-state index in [4.69, 9.17) is 14.2 Å². The molecule has 0 bridgehead atoms. The van der Waals surface area contributed by atoms with Crippen molar-refractivity contribution >= 4 is 11.9 Å². The van der Waals surface area contributed by atoms with Gasteiger partial charge in [-0.05, 0) is 89.9 Å². The summed E-state index contributed by atoms with van der Waals surface area (Å²) in [6, 6.07) is 0. The van der Waals surface area contributed by atoms with Gasteiger partial charge in [0, 0.05) is 19.4 Å². The van der Waals surface area contributed by atoms with Crippen LogP contribution >= 0.6 is 0 Å². The summed E-state index contributed by atoms with van der Waals surface area (Å²) in [6.45, 7) is 7.61. The molecule has 0 aliphatic heterocycles. The van der Waals surface area contributed by atoms with Crippen LogP contribution in [0.2, 0.25) is 0 Å². The molecule has 358 valence electrons. The topological polar surface area (TPSA) is 61.8 Å². The minimum atomic E-state index is -0.558. The van der Waals surface area contributed by atoms with Crippen LogP contribution in [-0.2, 0) is 23.8 Å². The maximum atomic E-state index is 12.7. The molecule has 0 saturated carbocycles. The van der Waals surface area contributed by atoms with Gasteiger partial charge < -0.3 is 14.2 Å². The molecule has 0 heterocycles. The van der Waals surface area contributed by atoms with E-state index in [1.165, 1.54) is 141 Å². The zero-order valence-electron chi connectivity index (χ0n) is 41.1. The van der Waals surface area contributed by atoms with E-state index in [1.807, 2.05) is 0 Å². The third kappa shape index (κ3) is 50.0. The minimum absolute atomic E-state index is 0.0668. The van der Waals surface area contributed by atoms with Gasteiger partial charge >= 0.3 is 11.9 Å². The van der Waals surface area contributed by atoms with Crippen molar-refractivity contribution in [2.75, 3.05) is 19.8 Å². The van der Waals surface area contributed by atoms with Gasteiger partial charge in [0.1, 0.15) is 6.61 Å². The van der Waals surface area contributed by atoms with Gasteiger partial charge in [0.25, 0.3) is 0 Å². The summed E-state index contributed by atoms with van der Waals surface area (Å²) in [5, 5.41) is 0. The Bertz CT molecular complexity index is 1110. The van der Waals surface area contributed by atoms with E-state index >= 15 is 0 Å². The van der Waals surface area contributed by atoms with Gasteiger partial charge in [-0.1, -0.05) is 222 Å². The summed E-state index contributed by atoms with van der Waals surface area (Å²) in [4.78, 5) is 25.3. The van der Waals surface area contributed by atoms with E-state index in [-0.39, 0.29) is 25.2 Å². The summed E-state index contributed by atoms with van der Waals surface area (Å²) in [5.74, 6) is -0.422. The van der Waals surface area contributed by atoms with Crippen LogP contribution in [-0.4, -0.2) is 37.9 Å². The molecule has 0 aromatic heterocycles. The molecule has 0 spiro atoms. The number of rotatable bonds is 48. The molecule has 0 saturated heterocycles. The molecule has 0 aromatic carbocycles. The average Bonchev–Trinajstić information content (AvgIpc) is 3.27. The van der Waals surface area contributed by atoms with Crippen LogP contribution in [0.5, 0.6) is 0 Å². The molecular formula is C57H100O5. The Labute approximate surface area is 385 Å². The molecule has 1 unspecified atom stereocenters. The molecule has 0 amide bonds. The fourth-order valence-corrected chi connectivity index (χ4v) is 7.30. The molecule has 0 rings (SSSR count). The second-order valence-corrected chi connectivity index (χ2v) is 17.4. The van der Waals surface area contributed by atoms with Gasteiger partial charge in [0.15, 0.2) is 6.10 Å². The second-order valence-electron chi connectivity index (χ2n) is 17.4. The Balaban J connectivity index is 4.24. The Hall–Kier alpha value is -2.66. The fraction of sp³-hybridized carbons (Fsp3) is 0.754. The van der Waals surface area contributed by atoms with Crippen molar-refractivity contribution in [3.63, 3.8) is 0 Å². The van der Waals surface area contributed by atoms with E-state index < -0.39 is 6.10 Å². The molecule has 0 aromatic rings. The number of carbonyl (C=O) groups is 2. The fourth-order valence-electron chi connectivity index (χ4n) is 7.30. The highest BCUT2D eigenvalue weighted by molar-refractivity contribution is 5.70. The van der Waals surface area contributed by atoms with Gasteiger partial charge in [-0.2, -0.15) is 0 Å². The lowest BCUT2D eigenvalue weighted by molar-refractivity contribution is -0.163. The van der Waals surface area contributed by atoms with Crippen LogP contribution in [0.3, 0.4) is 0 Å². The molecule has 62 heavy (non-hydrogen) atoms. The number of hydrogen-bond acceptors (Lipinski definition) is 5. The monoisotopic (exact) mass is 865 g/mol. The average molecular weight is 865 g/mol. The first kappa shape index (κ1) is 59.3. The first-order valence-corrected chi connectivity index (χ1v) is 26.5. The molecule has 0 aliphatic carbocycles. The summed E-state index contributed by atoms with van der Waals surface area (Å²) in [5.41, 5.74) is 0. The number of hydrogen-bond donors (Lipinski definition) is 0. The van der Waals surface area contributed by atoms with E-state index in [2.05, 4.69) is 93.7 Å². The standard InChI is InChI=1S/C57H100O5/c1-4-7-10-13-16-19-21-23-25-27-29-30-32-34-36-39-41-44-47-50-56(58)61-54-55(62-57(59)51-48-45-42-38-18-15-12-9-6-3)53-60-52-49-46-43-40-37-35-33-31-28-26-24-22-20-17-14-11-8-5-2/h8,11,17,20,23-26,31,33,37,40,55H,4-7,9-10,12-16,18-19,21-22,27-30,32,34-36,38-39,41-54H2,1-3H3/b11-8-,20-17-,25-23-,26-24-,33-31-,40-37-. The van der Waals surface area contributed by atoms with Crippen molar-refractivity contribution in [2.24, 2.45) is 0 Å². The SMILES string of the molecule is CC/C=C\C/C=C\C/C=C\C/C=C\C/C=C\CCCCOCC(COC(=O)CCCCCCCCCCC/C=C\CCCCCCCC)OC(=O)CCCCCCCCCCC. The van der Waals surface area contributed by atoms with E-state index in [0.29, 0.717) is 19.4 Å². The van der Waals surface area contributed by atoms with Crippen LogP contribution in [0, 0.1) is 0 Å². The van der Waals surface area contributed by atoms with Crippen LogP contribution in [0.4, 0.5) is 0 Å². The van der Waals surface area contributed by atoms with Crippen LogP contribution in [0.25, 0.3) is 0 Å². The Morgan fingerprint density at radius 3 is 1.18 bits per heavy atom. The van der Waals surface area contributed by atoms with Crippen molar-refractivity contribution in [1.82, 2.24) is 0 Å². The Morgan fingerprint density at radius 2 is 0.726 bits per heavy atom. The smallest absolute Gasteiger partial charge is 0.306 e. The van der Waals surface area contributed by atoms with Gasteiger partial charge in [0.05, 0.1) is 6.61 Å². The van der Waals surface area contributed by atoms with Crippen molar-refractivity contribution in [3.05, 3.63) is 72.9 Å². The largest absolute Gasteiger partial charge is 0.462 e. The van der Waals surface area contributed by atoms with E-state index in [9.17, 15) is 9.59 Å². The summed E-state index contributed by atoms with van der Waals surface area (Å²) in [7, 11) is 0. The number of carbonyl (C=O) groups excluding carboxylic acids is 2. The first-order valence-electron chi connectivity index (χ1n) is 26.5. The number of allylic oxidation sites excluding steroid dienone is 12. The third-order valence-corrected chi connectivity index (χ3v) is 11.2. The van der Waals surface area contributed by atoms with E-state index in [1.54, 1.807) is 0 Å². The highest BCUT2D eigenvalue weighted by Crippen LogP contribution is 2.14. The zero-order valence-corrected chi connectivity index (χ0v) is 41.1. The molecule has 5 nitrogen and oxygen atoms in total. The predicted molar refractivity (Wildman–Crippen MR) is 270 cm³/mol. The van der Waals surface area contributed by atoms with Crippen LogP contribution in [0.15, 0.2) is 72.9 Å². The highest BCUT2D eigenvalue weighted by atomic mass is 16.6. The lowest BCUT2D eigenvalue weighted by atomic mass is 10.1. The van der Waals surface area contributed by atoms with Gasteiger partial charge in [-0.15, -0.1) is 0 Å². The van der Waals surface area contributed by atoms with Gasteiger partial charge in [-0.3, -0.25) is 9.59 Å². The molecule has 0 fully saturated rings. The Morgan fingerprint density at radius 1 is 0.371 bits per heavy atom. The molecule has 0 N–H and O–H groups in total. The quantitative estimate of drug-likeness (QED) is 0.0346. The van der Waals surface area contributed by atoms with Crippen molar-refractivity contribution in [1.29, 1.82) is 0 Å². The van der Waals surface area contributed by atoms with Crippen molar-refractivity contribution in [3.8, 4) is 0 Å². The number of unbranched alkanes of at least 4 members (excludes halogenated alkanes) is 25. The maximum Gasteiger partial charge on any atom is 0.306 e. The number of ether oxygens (including phenoxy) is 3. The Kier molecular flexibility index (Phi) is 50.4. The molecule has 0 aliphatic rings. The summed E-state index contributed by atoms with van der Waals surface area (Å²) >= 11 is 0. The molecule has 5 heteroatoms. The van der Waals surface area contributed by atoms with Crippen LogP contribution < -0.4 is 0 Å². The molecule has 0 radical (unpaired) electrons. The predicted octanol–water partition coefficient (Wildman–Crippen LogP) is 17.9. The lowest BCUT2D eigenvalue weighted by Crippen LogP contribution is -2.30. The number of esters is 2. The lowest BCUT2D eigenvalue weighted by Gasteiger charge is -2.18. The zero-order chi connectivity index (χ0) is 44.9. The van der Waals surface area contributed by atoms with Gasteiger partial charge in [-0.25, -0.2) is 0 Å². The van der Waals surface area contributed by atoms with E-state index in [0.717, 1.165) is 77.0 Å². The van der Waals surface area contributed by atoms with Crippen LogP contribution in [0.1, 0.15) is 252 Å². The molecular weight excluding hydrogens is 765 g/mol. The minimum Gasteiger partial charge on any atom is -0.462 e. The maximum absolute atomic E-state index is 12.7. The van der Waals surface area contributed by atoms with Crippen molar-refractivity contribution in [2.45, 2.75) is 258 Å². The molecule has 1 atom stereocenters. The van der Waals surface area contributed by atoms with Gasteiger partial charge in [0.2, 0.25) is 0 Å². The van der Waals surface area contributed by atoms with Crippen molar-refractivity contribution < 1.29 is 23.8 Å². The first-order chi connectivity index (χ1) is 30.6. The second kappa shape index (κ2) is 52.7.